The number of amidine groups is 2. The van der Waals surface area contributed by atoms with Gasteiger partial charge in [-0.3, -0.25) is 14.8 Å². The van der Waals surface area contributed by atoms with E-state index in [4.69, 9.17) is 10.7 Å². The van der Waals surface area contributed by atoms with Crippen molar-refractivity contribution in [1.29, 1.82) is 0 Å². The van der Waals surface area contributed by atoms with Crippen molar-refractivity contribution in [2.45, 2.75) is 66.6 Å². The molecule has 224 valence electrons. The Morgan fingerprint density at radius 3 is 2.26 bits per heavy atom. The second kappa shape index (κ2) is 14.1. The number of nitrogens with zero attached hydrogens (tertiary/aromatic N) is 2. The van der Waals surface area contributed by atoms with Gasteiger partial charge < -0.3 is 21.7 Å². The molecule has 0 aromatic heterocycles. The summed E-state index contributed by atoms with van der Waals surface area (Å²) in [6.45, 7) is 13.9. The van der Waals surface area contributed by atoms with E-state index in [1.54, 1.807) is 20.2 Å². The van der Waals surface area contributed by atoms with Crippen LogP contribution in [0.25, 0.3) is 5.57 Å². The fourth-order valence-electron chi connectivity index (χ4n) is 4.70. The van der Waals surface area contributed by atoms with Crippen LogP contribution in [0.5, 0.6) is 0 Å². The van der Waals surface area contributed by atoms with Crippen molar-refractivity contribution >= 4 is 23.2 Å². The molecule has 0 saturated carbocycles. The maximum absolute atomic E-state index is 13.7. The molecule has 0 spiro atoms. The number of halogens is 2. The minimum absolute atomic E-state index is 0.266. The zero-order valence-corrected chi connectivity index (χ0v) is 25.6. The number of hydrogen-bond donors (Lipinski definition) is 4. The number of amides is 1. The second-order valence-electron chi connectivity index (χ2n) is 10.8. The number of hydrogen-bond acceptors (Lipinski definition) is 4. The lowest BCUT2D eigenvalue weighted by atomic mass is 9.88. The van der Waals surface area contributed by atoms with Crippen LogP contribution in [0.1, 0.15) is 77.2 Å². The van der Waals surface area contributed by atoms with Crippen LogP contribution >= 0.6 is 0 Å². The maximum Gasteiger partial charge on any atom is 0.250 e. The molecular weight excluding hydrogens is 534 g/mol. The molecule has 0 bridgehead atoms. The lowest BCUT2D eigenvalue weighted by molar-refractivity contribution is -0.122. The van der Waals surface area contributed by atoms with E-state index >= 15 is 0 Å². The fraction of sp³-hybridized carbons (Fsp3) is 0.364. The Bertz CT molecular complexity index is 1450. The first-order chi connectivity index (χ1) is 19.9. The normalized spacial score (nSPS) is 19.0. The molecule has 1 amide bonds. The molecule has 0 radical (unpaired) electrons. The summed E-state index contributed by atoms with van der Waals surface area (Å²) >= 11 is 0. The van der Waals surface area contributed by atoms with Crippen molar-refractivity contribution in [3.63, 3.8) is 0 Å². The van der Waals surface area contributed by atoms with Crippen molar-refractivity contribution in [3.8, 4) is 0 Å². The quantitative estimate of drug-likeness (QED) is 0.165. The molecule has 7 nitrogen and oxygen atoms in total. The van der Waals surface area contributed by atoms with E-state index in [-0.39, 0.29) is 11.9 Å². The first-order valence-electron chi connectivity index (χ1n) is 14.1. The van der Waals surface area contributed by atoms with Gasteiger partial charge in [0.1, 0.15) is 11.7 Å². The standard InChI is InChI=1S/C33H42F2N6O/c1-9-26(29(31(36)37-8)20(5)18(2)3)24-12-10-23(11-13-24)21(6)40-32-30(39-19(4)17-38-32)33(42)41-22(7)25-14-15-27(34)28(35)16-25/h9-18,21-22,30,39H,1-8H3,(H2,36,37)(H,38,40)(H,41,42)/b26-9-,29-20+. The number of nitrogens with one attached hydrogen (secondary N) is 3. The molecule has 9 heteroatoms. The highest BCUT2D eigenvalue weighted by molar-refractivity contribution is 6.12. The minimum Gasteiger partial charge on any atom is -0.383 e. The highest BCUT2D eigenvalue weighted by Gasteiger charge is 2.29. The molecule has 0 aliphatic carbocycles. The highest BCUT2D eigenvalue weighted by atomic mass is 19.2. The number of nitrogens with two attached hydrogens (primary N) is 1. The highest BCUT2D eigenvalue weighted by Crippen LogP contribution is 2.30. The topological polar surface area (TPSA) is 104 Å². The van der Waals surface area contributed by atoms with E-state index in [9.17, 15) is 13.6 Å². The minimum atomic E-state index is -0.960. The summed E-state index contributed by atoms with van der Waals surface area (Å²) in [6, 6.07) is 10.1. The maximum atomic E-state index is 13.7. The van der Waals surface area contributed by atoms with Gasteiger partial charge in [-0.2, -0.15) is 0 Å². The van der Waals surface area contributed by atoms with E-state index in [0.717, 1.165) is 45.7 Å². The van der Waals surface area contributed by atoms with Gasteiger partial charge in [0.05, 0.1) is 12.1 Å². The summed E-state index contributed by atoms with van der Waals surface area (Å²) in [7, 11) is 1.70. The molecule has 0 fully saturated rings. The molecule has 2 aromatic rings. The van der Waals surface area contributed by atoms with Crippen molar-refractivity contribution in [3.05, 3.63) is 99.9 Å². The average Bonchev–Trinajstić information content (AvgIpc) is 2.97. The number of rotatable bonds is 9. The van der Waals surface area contributed by atoms with Crippen LogP contribution in [-0.4, -0.2) is 30.7 Å². The van der Waals surface area contributed by atoms with Crippen LogP contribution in [0.15, 0.2) is 81.6 Å². The van der Waals surface area contributed by atoms with Crippen LogP contribution in [0.4, 0.5) is 8.78 Å². The summed E-state index contributed by atoms with van der Waals surface area (Å²) in [4.78, 5) is 22.4. The van der Waals surface area contributed by atoms with Crippen LogP contribution in [0.3, 0.4) is 0 Å². The number of aliphatic imine (C=N–C) groups is 2. The summed E-state index contributed by atoms with van der Waals surface area (Å²) in [6.07, 6.45) is 3.80. The molecule has 3 rings (SSSR count). The van der Waals surface area contributed by atoms with Gasteiger partial charge in [0, 0.05) is 24.5 Å². The van der Waals surface area contributed by atoms with Gasteiger partial charge in [-0.15, -0.1) is 0 Å². The molecule has 3 atom stereocenters. The Kier molecular flexibility index (Phi) is 10.8. The van der Waals surface area contributed by atoms with Crippen LogP contribution in [0.2, 0.25) is 0 Å². The SMILES string of the molecule is C/C=C(\C(C(N)=NC)=C(\C)C(C)C)c1ccc(C(C)N=C2NC=C(C)NC2C(=O)NC(C)c2ccc(F)c(F)c2)cc1. The zero-order chi connectivity index (χ0) is 31.1. The molecule has 0 saturated heterocycles. The van der Waals surface area contributed by atoms with Gasteiger partial charge in [0.25, 0.3) is 5.91 Å². The van der Waals surface area contributed by atoms with Crippen LogP contribution < -0.4 is 21.7 Å². The Labute approximate surface area is 247 Å². The lowest BCUT2D eigenvalue weighted by Gasteiger charge is -2.28. The van der Waals surface area contributed by atoms with E-state index in [2.05, 4.69) is 47.8 Å². The van der Waals surface area contributed by atoms with Gasteiger partial charge >= 0.3 is 0 Å². The first-order valence-corrected chi connectivity index (χ1v) is 14.1. The fourth-order valence-corrected chi connectivity index (χ4v) is 4.70. The molecule has 1 aliphatic rings. The molecule has 2 aromatic carbocycles. The van der Waals surface area contributed by atoms with Gasteiger partial charge in [-0.05, 0) is 74.9 Å². The Morgan fingerprint density at radius 2 is 1.69 bits per heavy atom. The Morgan fingerprint density at radius 1 is 1.05 bits per heavy atom. The number of benzene rings is 2. The molecule has 1 aliphatic heterocycles. The summed E-state index contributed by atoms with van der Waals surface area (Å²) < 4.78 is 27.1. The first kappa shape index (κ1) is 32.2. The van der Waals surface area contributed by atoms with Gasteiger partial charge in [-0.1, -0.05) is 55.8 Å². The van der Waals surface area contributed by atoms with Gasteiger partial charge in [0.15, 0.2) is 17.7 Å². The Hall–Kier alpha value is -4.27. The van der Waals surface area contributed by atoms with Crippen LogP contribution in [0, 0.1) is 17.6 Å². The van der Waals surface area contributed by atoms with Crippen molar-refractivity contribution in [2.24, 2.45) is 21.6 Å². The predicted octanol–water partition coefficient (Wildman–Crippen LogP) is 6.09. The number of carbonyl (C=O) groups is 1. The summed E-state index contributed by atoms with van der Waals surface area (Å²) in [5, 5.41) is 9.18. The molecule has 5 N–H and O–H groups in total. The van der Waals surface area contributed by atoms with E-state index in [1.165, 1.54) is 6.07 Å². The molecule has 3 unspecified atom stereocenters. The van der Waals surface area contributed by atoms with E-state index in [1.807, 2.05) is 45.0 Å². The largest absolute Gasteiger partial charge is 0.383 e. The smallest absolute Gasteiger partial charge is 0.250 e. The third-order valence-corrected chi connectivity index (χ3v) is 7.50. The molecular formula is C33H42F2N6O. The van der Waals surface area contributed by atoms with E-state index in [0.29, 0.717) is 23.2 Å². The molecule has 1 heterocycles. The average molecular weight is 577 g/mol. The Balaban J connectivity index is 1.85. The lowest BCUT2D eigenvalue weighted by Crippen LogP contribution is -2.55. The van der Waals surface area contributed by atoms with Gasteiger partial charge in [0.2, 0.25) is 0 Å². The monoisotopic (exact) mass is 576 g/mol. The third kappa shape index (κ3) is 7.51. The van der Waals surface area contributed by atoms with E-state index < -0.39 is 23.7 Å². The zero-order valence-electron chi connectivity index (χ0n) is 25.6. The van der Waals surface area contributed by atoms with Crippen molar-refractivity contribution < 1.29 is 13.6 Å². The molecule has 42 heavy (non-hydrogen) atoms. The van der Waals surface area contributed by atoms with Crippen molar-refractivity contribution in [1.82, 2.24) is 16.0 Å². The predicted molar refractivity (Wildman–Crippen MR) is 168 cm³/mol. The van der Waals surface area contributed by atoms with Gasteiger partial charge in [-0.25, -0.2) is 8.78 Å². The third-order valence-electron chi connectivity index (χ3n) is 7.50. The summed E-state index contributed by atoms with van der Waals surface area (Å²) in [5.41, 5.74) is 12.7. The van der Waals surface area contributed by atoms with Crippen LogP contribution in [-0.2, 0) is 4.79 Å². The second-order valence-corrected chi connectivity index (χ2v) is 10.8. The number of allylic oxidation sites excluding steroid dienone is 3. The summed E-state index contributed by atoms with van der Waals surface area (Å²) in [5.74, 6) is -0.980. The number of carbonyl (C=O) groups excluding carboxylic acids is 1. The van der Waals surface area contributed by atoms with Crippen molar-refractivity contribution in [2.75, 3.05) is 7.05 Å².